The monoisotopic (exact) mass is 247 g/mol. The molecule has 0 unspecified atom stereocenters. The summed E-state index contributed by atoms with van der Waals surface area (Å²) in [5, 5.41) is 26.7. The van der Waals surface area contributed by atoms with Crippen molar-refractivity contribution in [2.24, 2.45) is 0 Å². The van der Waals surface area contributed by atoms with E-state index in [1.807, 2.05) is 0 Å². The first kappa shape index (κ1) is 16.8. The van der Waals surface area contributed by atoms with Crippen LogP contribution in [0, 0.1) is 0 Å². The molecule has 0 saturated carbocycles. The molecule has 0 heterocycles. The van der Waals surface area contributed by atoms with E-state index in [1.165, 1.54) is 51.4 Å². The van der Waals surface area contributed by atoms with Gasteiger partial charge < -0.3 is 15.4 Å². The van der Waals surface area contributed by atoms with Crippen LogP contribution < -0.4 is 0 Å². The molecule has 0 aromatic heterocycles. The van der Waals surface area contributed by atoms with Crippen LogP contribution in [0.1, 0.15) is 71.1 Å². The van der Waals surface area contributed by atoms with Gasteiger partial charge in [0.05, 0.1) is 0 Å². The van der Waals surface area contributed by atoms with E-state index in [4.69, 9.17) is 15.4 Å². The summed E-state index contributed by atoms with van der Waals surface area (Å²) in [6.45, 7) is 2.56. The summed E-state index contributed by atoms with van der Waals surface area (Å²) in [6, 6.07) is 0. The third-order valence-corrected chi connectivity index (χ3v) is 3.01. The number of hydrogen-bond donors (Lipinski definition) is 3. The Morgan fingerprint density at radius 2 is 1.18 bits per heavy atom. The van der Waals surface area contributed by atoms with Gasteiger partial charge in [0.1, 0.15) is 0 Å². The summed E-state index contributed by atoms with van der Waals surface area (Å²) in [5.74, 6) is 0. The molecule has 0 aliphatic rings. The summed E-state index contributed by atoms with van der Waals surface area (Å²) < 4.78 is 0. The van der Waals surface area contributed by atoms with Gasteiger partial charge in [0.15, 0.2) is 0 Å². The Balaban J connectivity index is 3.03. The van der Waals surface area contributed by atoms with Crippen molar-refractivity contribution in [2.75, 3.05) is 6.54 Å². The zero-order valence-corrected chi connectivity index (χ0v) is 11.1. The molecular formula is C13H29NO3. The van der Waals surface area contributed by atoms with E-state index in [0.717, 1.165) is 12.8 Å². The summed E-state index contributed by atoms with van der Waals surface area (Å²) in [7, 11) is 0. The molecule has 0 rings (SSSR count). The summed E-state index contributed by atoms with van der Waals surface area (Å²) in [6.07, 6.45) is 10.5. The number of rotatable bonds is 12. The van der Waals surface area contributed by atoms with Gasteiger partial charge in [0.2, 0.25) is 6.41 Å². The average molecular weight is 247 g/mol. The lowest BCUT2D eigenvalue weighted by molar-refractivity contribution is -0.280. The van der Waals surface area contributed by atoms with E-state index in [-0.39, 0.29) is 0 Å². The first-order valence-electron chi connectivity index (χ1n) is 7.00. The van der Waals surface area contributed by atoms with E-state index in [9.17, 15) is 0 Å². The standard InChI is InChI=1S/C13H29NO3/c1-2-3-4-5-6-7-8-9-10-11-12-14(17)13(15)16/h13,15-17H,2-12H2,1H3. The third kappa shape index (κ3) is 12.1. The highest BCUT2D eigenvalue weighted by atomic mass is 16.6. The molecule has 3 N–H and O–H groups in total. The van der Waals surface area contributed by atoms with Crippen molar-refractivity contribution in [2.45, 2.75) is 77.5 Å². The van der Waals surface area contributed by atoms with Crippen LogP contribution in [-0.2, 0) is 0 Å². The van der Waals surface area contributed by atoms with Gasteiger partial charge in [-0.05, 0) is 6.42 Å². The lowest BCUT2D eigenvalue weighted by Crippen LogP contribution is -2.32. The molecule has 4 heteroatoms. The van der Waals surface area contributed by atoms with Crippen molar-refractivity contribution >= 4 is 0 Å². The van der Waals surface area contributed by atoms with Crippen LogP contribution in [0.4, 0.5) is 0 Å². The second-order valence-corrected chi connectivity index (χ2v) is 4.69. The van der Waals surface area contributed by atoms with Crippen LogP contribution in [0.25, 0.3) is 0 Å². The molecule has 0 saturated heterocycles. The number of hydrogen-bond acceptors (Lipinski definition) is 4. The van der Waals surface area contributed by atoms with E-state index in [2.05, 4.69) is 6.92 Å². The molecule has 0 atom stereocenters. The Morgan fingerprint density at radius 3 is 1.59 bits per heavy atom. The molecule has 0 bridgehead atoms. The van der Waals surface area contributed by atoms with Gasteiger partial charge >= 0.3 is 0 Å². The highest BCUT2D eigenvalue weighted by molar-refractivity contribution is 4.49. The van der Waals surface area contributed by atoms with Gasteiger partial charge in [-0.15, -0.1) is 5.06 Å². The molecule has 0 spiro atoms. The first-order valence-corrected chi connectivity index (χ1v) is 7.00. The van der Waals surface area contributed by atoms with Gasteiger partial charge in [-0.2, -0.15) is 0 Å². The van der Waals surface area contributed by atoms with E-state index in [0.29, 0.717) is 11.6 Å². The lowest BCUT2D eigenvalue weighted by atomic mass is 10.1. The first-order chi connectivity index (χ1) is 8.18. The molecule has 0 aliphatic carbocycles. The molecule has 17 heavy (non-hydrogen) atoms. The Morgan fingerprint density at radius 1 is 0.765 bits per heavy atom. The summed E-state index contributed by atoms with van der Waals surface area (Å²) >= 11 is 0. The maximum absolute atomic E-state index is 8.98. The molecular weight excluding hydrogens is 218 g/mol. The Labute approximate surface area is 105 Å². The second-order valence-electron chi connectivity index (χ2n) is 4.69. The summed E-state index contributed by atoms with van der Waals surface area (Å²) in [4.78, 5) is 0. The van der Waals surface area contributed by atoms with Crippen LogP contribution in [-0.4, -0.2) is 33.4 Å². The van der Waals surface area contributed by atoms with E-state index < -0.39 is 6.41 Å². The third-order valence-electron chi connectivity index (χ3n) is 3.01. The normalized spacial score (nSPS) is 11.6. The predicted molar refractivity (Wildman–Crippen MR) is 68.6 cm³/mol. The fourth-order valence-electron chi connectivity index (χ4n) is 1.88. The van der Waals surface area contributed by atoms with Crippen molar-refractivity contribution in [1.29, 1.82) is 0 Å². The lowest BCUT2D eigenvalue weighted by Gasteiger charge is -2.15. The maximum atomic E-state index is 8.98. The Hall–Kier alpha value is -0.160. The minimum absolute atomic E-state index is 0.328. The minimum Gasteiger partial charge on any atom is -0.354 e. The quantitative estimate of drug-likeness (QED) is 0.282. The van der Waals surface area contributed by atoms with Crippen LogP contribution >= 0.6 is 0 Å². The number of unbranched alkanes of at least 4 members (excludes halogenated alkanes) is 9. The fraction of sp³-hybridized carbons (Fsp3) is 1.00. The second kappa shape index (κ2) is 12.3. The van der Waals surface area contributed by atoms with Crippen LogP contribution in [0.15, 0.2) is 0 Å². The number of aliphatic hydroxyl groups excluding tert-OH is 1. The summed E-state index contributed by atoms with van der Waals surface area (Å²) in [5.41, 5.74) is 0. The van der Waals surface area contributed by atoms with E-state index >= 15 is 0 Å². The number of aliphatic hydroxyl groups is 2. The highest BCUT2D eigenvalue weighted by Crippen LogP contribution is 2.10. The molecule has 0 fully saturated rings. The molecule has 0 amide bonds. The van der Waals surface area contributed by atoms with Gasteiger partial charge in [-0.3, -0.25) is 0 Å². The van der Waals surface area contributed by atoms with Crippen molar-refractivity contribution in [3.05, 3.63) is 0 Å². The van der Waals surface area contributed by atoms with Crippen molar-refractivity contribution in [3.63, 3.8) is 0 Å². The Bertz CT molecular complexity index is 154. The Kier molecular flexibility index (Phi) is 12.2. The van der Waals surface area contributed by atoms with Gasteiger partial charge in [-0.25, -0.2) is 0 Å². The van der Waals surface area contributed by atoms with Crippen LogP contribution in [0.3, 0.4) is 0 Å². The van der Waals surface area contributed by atoms with Crippen LogP contribution in [0.2, 0.25) is 0 Å². The molecule has 104 valence electrons. The molecule has 0 aliphatic heterocycles. The van der Waals surface area contributed by atoms with Gasteiger partial charge in [0.25, 0.3) is 0 Å². The molecule has 4 nitrogen and oxygen atoms in total. The number of hydroxylamine groups is 2. The SMILES string of the molecule is CCCCCCCCCCCCN(O)C(O)O. The maximum Gasteiger partial charge on any atom is 0.235 e. The van der Waals surface area contributed by atoms with Gasteiger partial charge in [-0.1, -0.05) is 64.7 Å². The zero-order chi connectivity index (χ0) is 12.9. The minimum atomic E-state index is -1.74. The topological polar surface area (TPSA) is 63.9 Å². The smallest absolute Gasteiger partial charge is 0.235 e. The van der Waals surface area contributed by atoms with Crippen molar-refractivity contribution in [1.82, 2.24) is 5.06 Å². The van der Waals surface area contributed by atoms with Crippen molar-refractivity contribution < 1.29 is 15.4 Å². The van der Waals surface area contributed by atoms with Crippen molar-refractivity contribution in [3.8, 4) is 0 Å². The largest absolute Gasteiger partial charge is 0.354 e. The number of nitrogens with zero attached hydrogens (tertiary/aromatic N) is 1. The van der Waals surface area contributed by atoms with E-state index in [1.54, 1.807) is 0 Å². The average Bonchev–Trinajstić information content (AvgIpc) is 2.31. The van der Waals surface area contributed by atoms with Gasteiger partial charge in [0, 0.05) is 6.54 Å². The molecule has 0 radical (unpaired) electrons. The predicted octanol–water partition coefficient (Wildman–Crippen LogP) is 2.87. The fourth-order valence-corrected chi connectivity index (χ4v) is 1.88. The highest BCUT2D eigenvalue weighted by Gasteiger charge is 2.06. The molecule has 0 aromatic carbocycles. The molecule has 0 aromatic rings. The van der Waals surface area contributed by atoms with Crippen LogP contribution in [0.5, 0.6) is 0 Å². The zero-order valence-electron chi connectivity index (χ0n) is 11.1.